The number of hydrogen-bond donors (Lipinski definition) is 2. The van der Waals surface area contributed by atoms with Gasteiger partial charge in [-0.05, 0) is 26.2 Å². The van der Waals surface area contributed by atoms with Gasteiger partial charge in [-0.3, -0.25) is 9.59 Å². The zero-order chi connectivity index (χ0) is 15.0. The van der Waals surface area contributed by atoms with E-state index in [-0.39, 0.29) is 37.9 Å². The van der Waals surface area contributed by atoms with Crippen LogP contribution in [0.2, 0.25) is 0 Å². The fourth-order valence-electron chi connectivity index (χ4n) is 2.02. The predicted molar refractivity (Wildman–Crippen MR) is 69.0 cm³/mol. The predicted octanol–water partition coefficient (Wildman–Crippen LogP) is 0.468. The minimum absolute atomic E-state index is 0.0193. The molecule has 0 aliphatic carbocycles. The molecular weight excluding hydrogens is 266 g/mol. The summed E-state index contributed by atoms with van der Waals surface area (Å²) in [6.45, 7) is 2.57. The molecule has 1 rings (SSSR count). The van der Waals surface area contributed by atoms with Gasteiger partial charge in [-0.1, -0.05) is 0 Å². The molecule has 1 heterocycles. The average molecular weight is 287 g/mol. The van der Waals surface area contributed by atoms with Gasteiger partial charge in [0.2, 0.25) is 5.91 Å². The molecule has 1 saturated heterocycles. The van der Waals surface area contributed by atoms with Crippen molar-refractivity contribution >= 4 is 17.8 Å². The number of amides is 1. The van der Waals surface area contributed by atoms with Crippen LogP contribution < -0.4 is 5.32 Å². The fourth-order valence-corrected chi connectivity index (χ4v) is 2.02. The maximum atomic E-state index is 11.7. The van der Waals surface area contributed by atoms with Crippen molar-refractivity contribution in [3.05, 3.63) is 0 Å². The number of nitrogens with one attached hydrogen (secondary N) is 1. The highest BCUT2D eigenvalue weighted by molar-refractivity contribution is 5.84. The molecule has 1 fully saturated rings. The first kappa shape index (κ1) is 16.4. The summed E-state index contributed by atoms with van der Waals surface area (Å²) in [4.78, 5) is 33.9. The van der Waals surface area contributed by atoms with Gasteiger partial charge in [0.15, 0.2) is 0 Å². The molecular formula is C13H21NO6. The highest BCUT2D eigenvalue weighted by atomic mass is 16.5. The molecule has 7 nitrogen and oxygen atoms in total. The second-order valence-corrected chi connectivity index (χ2v) is 4.64. The lowest BCUT2D eigenvalue weighted by molar-refractivity contribution is -0.145. The van der Waals surface area contributed by atoms with Gasteiger partial charge >= 0.3 is 11.9 Å². The van der Waals surface area contributed by atoms with Crippen LogP contribution in [0.25, 0.3) is 0 Å². The van der Waals surface area contributed by atoms with E-state index < -0.39 is 18.0 Å². The van der Waals surface area contributed by atoms with Crippen LogP contribution in [0.3, 0.4) is 0 Å². The molecule has 20 heavy (non-hydrogen) atoms. The third kappa shape index (κ3) is 6.01. The Balaban J connectivity index is 2.35. The van der Waals surface area contributed by atoms with Gasteiger partial charge in [-0.15, -0.1) is 0 Å². The van der Waals surface area contributed by atoms with Crippen LogP contribution in [0, 0.1) is 0 Å². The van der Waals surface area contributed by atoms with Crippen LogP contribution in [0.1, 0.15) is 39.0 Å². The van der Waals surface area contributed by atoms with E-state index in [0.717, 1.165) is 12.8 Å². The van der Waals surface area contributed by atoms with Crippen molar-refractivity contribution in [2.45, 2.75) is 51.2 Å². The number of esters is 1. The first-order valence-electron chi connectivity index (χ1n) is 6.82. The molecule has 0 radical (unpaired) electrons. The van der Waals surface area contributed by atoms with E-state index in [2.05, 4.69) is 5.32 Å². The average Bonchev–Trinajstić information content (AvgIpc) is 2.87. The number of aliphatic carboxylic acids is 1. The summed E-state index contributed by atoms with van der Waals surface area (Å²) >= 11 is 0. The number of ether oxygens (including phenoxy) is 2. The number of rotatable bonds is 8. The van der Waals surface area contributed by atoms with E-state index in [1.165, 1.54) is 0 Å². The van der Waals surface area contributed by atoms with Crippen LogP contribution in [0.5, 0.6) is 0 Å². The second kappa shape index (κ2) is 8.52. The van der Waals surface area contributed by atoms with Gasteiger partial charge in [0.1, 0.15) is 6.04 Å². The molecule has 1 unspecified atom stereocenters. The van der Waals surface area contributed by atoms with Gasteiger partial charge in [0, 0.05) is 13.0 Å². The summed E-state index contributed by atoms with van der Waals surface area (Å²) in [5.41, 5.74) is 0. The lowest BCUT2D eigenvalue weighted by Crippen LogP contribution is -2.42. The Bertz CT molecular complexity index is 351. The fraction of sp³-hybridized carbons (Fsp3) is 0.769. The summed E-state index contributed by atoms with van der Waals surface area (Å²) in [5.74, 6) is -1.99. The largest absolute Gasteiger partial charge is 0.480 e. The summed E-state index contributed by atoms with van der Waals surface area (Å²) in [5, 5.41) is 11.4. The summed E-state index contributed by atoms with van der Waals surface area (Å²) in [6.07, 6.45) is 1.74. The van der Waals surface area contributed by atoms with E-state index in [9.17, 15) is 14.4 Å². The van der Waals surface area contributed by atoms with Crippen LogP contribution in [0.15, 0.2) is 0 Å². The van der Waals surface area contributed by atoms with Crippen molar-refractivity contribution in [1.29, 1.82) is 0 Å². The van der Waals surface area contributed by atoms with Crippen molar-refractivity contribution in [1.82, 2.24) is 5.32 Å². The maximum absolute atomic E-state index is 11.7. The monoisotopic (exact) mass is 287 g/mol. The number of carboxylic acids is 1. The topological polar surface area (TPSA) is 102 Å². The molecule has 1 amide bonds. The maximum Gasteiger partial charge on any atom is 0.326 e. The lowest BCUT2D eigenvalue weighted by atomic mass is 10.1. The van der Waals surface area contributed by atoms with E-state index >= 15 is 0 Å². The van der Waals surface area contributed by atoms with Gasteiger partial charge in [-0.25, -0.2) is 4.79 Å². The standard InChI is InChI=1S/C13H21NO6/c1-2-19-12(16)6-5-10(13(17)18)14-11(15)8-9-4-3-7-20-9/h9-10H,2-8H2,1H3,(H,14,15)(H,17,18)/t9?,10-/m0/s1. The van der Waals surface area contributed by atoms with E-state index in [4.69, 9.17) is 14.6 Å². The van der Waals surface area contributed by atoms with Crippen LogP contribution in [-0.2, 0) is 23.9 Å². The number of carboxylic acid groups (broad SMARTS) is 1. The molecule has 0 bridgehead atoms. The Labute approximate surface area is 117 Å². The molecule has 114 valence electrons. The number of carbonyl (C=O) groups excluding carboxylic acids is 2. The van der Waals surface area contributed by atoms with Crippen LogP contribution in [-0.4, -0.2) is 48.3 Å². The SMILES string of the molecule is CCOC(=O)CC[C@H](NC(=O)CC1CCCO1)C(=O)O. The third-order valence-corrected chi connectivity index (χ3v) is 3.01. The Morgan fingerprint density at radius 2 is 2.20 bits per heavy atom. The molecule has 2 atom stereocenters. The third-order valence-electron chi connectivity index (χ3n) is 3.01. The van der Waals surface area contributed by atoms with Gasteiger partial charge in [0.05, 0.1) is 19.1 Å². The van der Waals surface area contributed by atoms with E-state index in [1.54, 1.807) is 6.92 Å². The first-order valence-corrected chi connectivity index (χ1v) is 6.82. The highest BCUT2D eigenvalue weighted by Gasteiger charge is 2.24. The van der Waals surface area contributed by atoms with Gasteiger partial charge in [-0.2, -0.15) is 0 Å². The van der Waals surface area contributed by atoms with E-state index in [0.29, 0.717) is 6.61 Å². The molecule has 1 aliphatic rings. The Morgan fingerprint density at radius 3 is 2.75 bits per heavy atom. The minimum Gasteiger partial charge on any atom is -0.480 e. The molecule has 7 heteroatoms. The van der Waals surface area contributed by atoms with Crippen molar-refractivity contribution in [2.24, 2.45) is 0 Å². The van der Waals surface area contributed by atoms with Crippen molar-refractivity contribution in [2.75, 3.05) is 13.2 Å². The normalized spacial score (nSPS) is 19.4. The smallest absolute Gasteiger partial charge is 0.326 e. The molecule has 0 aromatic carbocycles. The number of hydrogen-bond acceptors (Lipinski definition) is 5. The molecule has 0 aromatic heterocycles. The molecule has 0 spiro atoms. The first-order chi connectivity index (χ1) is 9.52. The Morgan fingerprint density at radius 1 is 1.45 bits per heavy atom. The Kier molecular flexibility index (Phi) is 7.00. The van der Waals surface area contributed by atoms with Gasteiger partial charge < -0.3 is 19.9 Å². The second-order valence-electron chi connectivity index (χ2n) is 4.64. The molecule has 2 N–H and O–H groups in total. The van der Waals surface area contributed by atoms with Crippen molar-refractivity contribution in [3.63, 3.8) is 0 Å². The highest BCUT2D eigenvalue weighted by Crippen LogP contribution is 2.15. The Hall–Kier alpha value is -1.63. The quantitative estimate of drug-likeness (QED) is 0.629. The van der Waals surface area contributed by atoms with Crippen LogP contribution in [0.4, 0.5) is 0 Å². The van der Waals surface area contributed by atoms with Crippen molar-refractivity contribution in [3.8, 4) is 0 Å². The van der Waals surface area contributed by atoms with E-state index in [1.807, 2.05) is 0 Å². The summed E-state index contributed by atoms with van der Waals surface area (Å²) in [6, 6.07) is -1.08. The van der Waals surface area contributed by atoms with Gasteiger partial charge in [0.25, 0.3) is 0 Å². The zero-order valence-corrected chi connectivity index (χ0v) is 11.6. The molecule has 1 aliphatic heterocycles. The molecule has 0 aromatic rings. The lowest BCUT2D eigenvalue weighted by Gasteiger charge is -2.15. The summed E-state index contributed by atoms with van der Waals surface area (Å²) in [7, 11) is 0. The zero-order valence-electron chi connectivity index (χ0n) is 11.6. The molecule has 0 saturated carbocycles. The van der Waals surface area contributed by atoms with Crippen LogP contribution >= 0.6 is 0 Å². The minimum atomic E-state index is -1.16. The van der Waals surface area contributed by atoms with Crippen molar-refractivity contribution < 1.29 is 29.0 Å². The summed E-state index contributed by atoms with van der Waals surface area (Å²) < 4.78 is 10.0. The number of carbonyl (C=O) groups is 3.